The smallest absolute Gasteiger partial charge is 0.280 e. The second kappa shape index (κ2) is 6.68. The summed E-state index contributed by atoms with van der Waals surface area (Å²) in [5.41, 5.74) is 1.36. The SMILES string of the molecule is O=[N+]([O-])c1ccccc1-c1cc(-c2nnc(-c3cccc4ccccc34)o2)no1. The Bertz CT molecular complexity index is 1350. The second-order valence-electron chi connectivity index (χ2n) is 6.29. The minimum Gasteiger partial charge on any atom is -0.414 e. The molecule has 0 N–H and O–H groups in total. The molecule has 0 amide bonds. The predicted molar refractivity (Wildman–Crippen MR) is 105 cm³/mol. The van der Waals surface area contributed by atoms with Gasteiger partial charge in [-0.15, -0.1) is 10.2 Å². The zero-order chi connectivity index (χ0) is 19.8. The van der Waals surface area contributed by atoms with E-state index in [1.165, 1.54) is 6.07 Å². The normalized spacial score (nSPS) is 11.0. The van der Waals surface area contributed by atoms with E-state index in [0.717, 1.165) is 16.3 Å². The molecule has 140 valence electrons. The Morgan fingerprint density at radius 2 is 1.55 bits per heavy atom. The first-order valence-electron chi connectivity index (χ1n) is 8.73. The van der Waals surface area contributed by atoms with Crippen LogP contribution < -0.4 is 0 Å². The molecule has 2 heterocycles. The molecule has 0 saturated carbocycles. The molecule has 0 aliphatic rings. The molecule has 29 heavy (non-hydrogen) atoms. The van der Waals surface area contributed by atoms with Crippen molar-refractivity contribution >= 4 is 16.5 Å². The van der Waals surface area contributed by atoms with Crippen molar-refractivity contribution < 1.29 is 13.9 Å². The largest absolute Gasteiger partial charge is 0.414 e. The molecule has 8 nitrogen and oxygen atoms in total. The van der Waals surface area contributed by atoms with Crippen LogP contribution in [-0.2, 0) is 0 Å². The monoisotopic (exact) mass is 384 g/mol. The van der Waals surface area contributed by atoms with Gasteiger partial charge in [-0.1, -0.05) is 53.7 Å². The Morgan fingerprint density at radius 1 is 0.828 bits per heavy atom. The number of nitro benzene ring substituents is 1. The Morgan fingerprint density at radius 3 is 2.45 bits per heavy atom. The van der Waals surface area contributed by atoms with Gasteiger partial charge in [0.05, 0.1) is 10.5 Å². The molecular weight excluding hydrogens is 372 g/mol. The Kier molecular flexibility index (Phi) is 3.87. The van der Waals surface area contributed by atoms with Gasteiger partial charge in [0.25, 0.3) is 11.6 Å². The van der Waals surface area contributed by atoms with Crippen LogP contribution in [0.3, 0.4) is 0 Å². The number of nitrogens with zero attached hydrogens (tertiary/aromatic N) is 4. The maximum Gasteiger partial charge on any atom is 0.280 e. The van der Waals surface area contributed by atoms with E-state index in [-0.39, 0.29) is 17.3 Å². The number of fused-ring (bicyclic) bond motifs is 1. The fourth-order valence-corrected chi connectivity index (χ4v) is 3.19. The van der Waals surface area contributed by atoms with Crippen LogP contribution in [0.2, 0.25) is 0 Å². The van der Waals surface area contributed by atoms with Gasteiger partial charge >= 0.3 is 0 Å². The van der Waals surface area contributed by atoms with Crippen molar-refractivity contribution in [1.29, 1.82) is 0 Å². The van der Waals surface area contributed by atoms with E-state index >= 15 is 0 Å². The average molecular weight is 384 g/mol. The average Bonchev–Trinajstić information content (AvgIpc) is 3.43. The highest BCUT2D eigenvalue weighted by molar-refractivity contribution is 5.94. The molecule has 0 fully saturated rings. The summed E-state index contributed by atoms with van der Waals surface area (Å²) >= 11 is 0. The third kappa shape index (κ3) is 2.92. The lowest BCUT2D eigenvalue weighted by atomic mass is 10.0. The summed E-state index contributed by atoms with van der Waals surface area (Å²) in [7, 11) is 0. The highest BCUT2D eigenvalue weighted by Gasteiger charge is 2.21. The number of hydrogen-bond donors (Lipinski definition) is 0. The van der Waals surface area contributed by atoms with Crippen LogP contribution in [-0.4, -0.2) is 20.3 Å². The van der Waals surface area contributed by atoms with Gasteiger partial charge in [0.1, 0.15) is 0 Å². The summed E-state index contributed by atoms with van der Waals surface area (Å²) in [6.45, 7) is 0. The van der Waals surface area contributed by atoms with Crippen LogP contribution in [0.5, 0.6) is 0 Å². The molecule has 3 aromatic carbocycles. The number of para-hydroxylation sites is 1. The molecule has 0 unspecified atom stereocenters. The molecule has 0 bridgehead atoms. The Labute approximate surface area is 163 Å². The lowest BCUT2D eigenvalue weighted by Crippen LogP contribution is -1.90. The molecule has 0 spiro atoms. The standard InChI is InChI=1S/C21H12N4O4/c26-25(27)18-11-4-3-9-16(18)19-12-17(24-29-19)21-23-22-20(28-21)15-10-5-7-13-6-1-2-8-14(13)15/h1-12H. The van der Waals surface area contributed by atoms with Crippen molar-refractivity contribution in [3.05, 3.63) is 82.9 Å². The number of hydrogen-bond acceptors (Lipinski definition) is 7. The number of nitro groups is 1. The summed E-state index contributed by atoms with van der Waals surface area (Å²) in [5.74, 6) is 0.769. The predicted octanol–water partition coefficient (Wildman–Crippen LogP) is 5.12. The van der Waals surface area contributed by atoms with Gasteiger partial charge in [0, 0.05) is 17.7 Å². The first-order valence-corrected chi connectivity index (χ1v) is 8.73. The van der Waals surface area contributed by atoms with Crippen LogP contribution in [0.15, 0.2) is 81.7 Å². The summed E-state index contributed by atoms with van der Waals surface area (Å²) in [4.78, 5) is 10.8. The minimum atomic E-state index is -0.469. The van der Waals surface area contributed by atoms with E-state index in [2.05, 4.69) is 15.4 Å². The van der Waals surface area contributed by atoms with E-state index in [0.29, 0.717) is 17.1 Å². The van der Waals surface area contributed by atoms with Crippen LogP contribution in [0, 0.1) is 10.1 Å². The number of benzene rings is 3. The van der Waals surface area contributed by atoms with E-state index in [1.807, 2.05) is 42.5 Å². The first kappa shape index (κ1) is 16.8. The number of aromatic nitrogens is 3. The highest BCUT2D eigenvalue weighted by Crippen LogP contribution is 2.33. The molecule has 0 aliphatic heterocycles. The molecule has 5 aromatic rings. The van der Waals surface area contributed by atoms with E-state index in [4.69, 9.17) is 8.94 Å². The van der Waals surface area contributed by atoms with E-state index in [9.17, 15) is 10.1 Å². The molecule has 5 rings (SSSR count). The number of rotatable bonds is 4. The molecule has 0 aliphatic carbocycles. The van der Waals surface area contributed by atoms with Crippen LogP contribution >= 0.6 is 0 Å². The maximum absolute atomic E-state index is 11.2. The summed E-state index contributed by atoms with van der Waals surface area (Å²) in [6.07, 6.45) is 0. The van der Waals surface area contributed by atoms with Crippen LogP contribution in [0.4, 0.5) is 5.69 Å². The Balaban J connectivity index is 1.53. The minimum absolute atomic E-state index is 0.0721. The molecule has 0 atom stereocenters. The fourth-order valence-electron chi connectivity index (χ4n) is 3.19. The zero-order valence-corrected chi connectivity index (χ0v) is 14.9. The van der Waals surface area contributed by atoms with Crippen molar-refractivity contribution in [2.45, 2.75) is 0 Å². The van der Waals surface area contributed by atoms with Gasteiger partial charge < -0.3 is 8.94 Å². The third-order valence-corrected chi connectivity index (χ3v) is 4.54. The lowest BCUT2D eigenvalue weighted by molar-refractivity contribution is -0.384. The van der Waals surface area contributed by atoms with Crippen LogP contribution in [0.25, 0.3) is 45.1 Å². The topological polar surface area (TPSA) is 108 Å². The molecule has 0 radical (unpaired) electrons. The summed E-state index contributed by atoms with van der Waals surface area (Å²) < 4.78 is 11.1. The van der Waals surface area contributed by atoms with Crippen molar-refractivity contribution in [2.75, 3.05) is 0 Å². The van der Waals surface area contributed by atoms with Crippen molar-refractivity contribution in [1.82, 2.24) is 15.4 Å². The van der Waals surface area contributed by atoms with Crippen molar-refractivity contribution in [3.63, 3.8) is 0 Å². The van der Waals surface area contributed by atoms with Gasteiger partial charge in [0.2, 0.25) is 5.89 Å². The van der Waals surface area contributed by atoms with Crippen molar-refractivity contribution in [2.24, 2.45) is 0 Å². The molecule has 8 heteroatoms. The molecule has 0 saturated heterocycles. The van der Waals surface area contributed by atoms with Gasteiger partial charge in [-0.3, -0.25) is 10.1 Å². The van der Waals surface area contributed by atoms with Gasteiger partial charge in [-0.2, -0.15) is 0 Å². The van der Waals surface area contributed by atoms with Gasteiger partial charge in [-0.25, -0.2) is 0 Å². The Hall–Kier alpha value is -4.33. The maximum atomic E-state index is 11.2. The quantitative estimate of drug-likeness (QED) is 0.312. The van der Waals surface area contributed by atoms with Crippen LogP contribution in [0.1, 0.15) is 0 Å². The van der Waals surface area contributed by atoms with Crippen molar-refractivity contribution in [3.8, 4) is 34.4 Å². The summed E-state index contributed by atoms with van der Waals surface area (Å²) in [5, 5.41) is 25.4. The third-order valence-electron chi connectivity index (χ3n) is 4.54. The summed E-state index contributed by atoms with van der Waals surface area (Å²) in [6, 6.07) is 21.6. The molecular formula is C21H12N4O4. The highest BCUT2D eigenvalue weighted by atomic mass is 16.6. The fraction of sp³-hybridized carbons (Fsp3) is 0. The zero-order valence-electron chi connectivity index (χ0n) is 14.9. The van der Waals surface area contributed by atoms with E-state index in [1.54, 1.807) is 24.3 Å². The second-order valence-corrected chi connectivity index (χ2v) is 6.29. The molecule has 2 aromatic heterocycles. The lowest BCUT2D eigenvalue weighted by Gasteiger charge is -2.01. The van der Waals surface area contributed by atoms with Gasteiger partial charge in [0.15, 0.2) is 11.5 Å². The van der Waals surface area contributed by atoms with E-state index < -0.39 is 4.92 Å². The van der Waals surface area contributed by atoms with Gasteiger partial charge in [-0.05, 0) is 22.9 Å². The first-order chi connectivity index (χ1) is 14.2.